The molecule has 1 fully saturated rings. The Labute approximate surface area is 129 Å². The Hall–Kier alpha value is -0.990. The second-order valence-corrected chi connectivity index (χ2v) is 8.06. The number of carboxylic acid groups (broad SMARTS) is 1. The van der Waals surface area contributed by atoms with Crippen LogP contribution in [-0.4, -0.2) is 42.1 Å². The van der Waals surface area contributed by atoms with E-state index in [4.69, 9.17) is 5.11 Å². The molecule has 0 bridgehead atoms. The van der Waals surface area contributed by atoms with Crippen molar-refractivity contribution in [2.45, 2.75) is 31.2 Å². The van der Waals surface area contributed by atoms with Crippen LogP contribution < -0.4 is 4.72 Å². The number of rotatable bonds is 7. The highest BCUT2D eigenvalue weighted by atomic mass is 32.2. The lowest BCUT2D eigenvalue weighted by Crippen LogP contribution is -2.29. The predicted octanol–water partition coefficient (Wildman–Crippen LogP) is 1.63. The SMILES string of the molecule is CCCn1cc(S(=O)(=O)NCC2CCSC2)cc1C(=O)O. The molecular weight excluding hydrogens is 312 g/mol. The average Bonchev–Trinajstić information content (AvgIpc) is 3.06. The Morgan fingerprint density at radius 1 is 1.57 bits per heavy atom. The Morgan fingerprint density at radius 2 is 2.33 bits per heavy atom. The number of aromatic carboxylic acids is 1. The summed E-state index contributed by atoms with van der Waals surface area (Å²) in [6, 6.07) is 1.23. The molecule has 0 radical (unpaired) electrons. The minimum Gasteiger partial charge on any atom is -0.477 e. The fourth-order valence-corrected chi connectivity index (χ4v) is 4.73. The smallest absolute Gasteiger partial charge is 0.352 e. The summed E-state index contributed by atoms with van der Waals surface area (Å²) < 4.78 is 28.6. The summed E-state index contributed by atoms with van der Waals surface area (Å²) in [5.41, 5.74) is 0.00801. The predicted molar refractivity (Wildman–Crippen MR) is 82.3 cm³/mol. The second kappa shape index (κ2) is 6.85. The molecule has 0 aliphatic carbocycles. The van der Waals surface area contributed by atoms with Gasteiger partial charge in [0.2, 0.25) is 10.0 Å². The van der Waals surface area contributed by atoms with Gasteiger partial charge in [-0.2, -0.15) is 11.8 Å². The molecule has 0 amide bonds. The van der Waals surface area contributed by atoms with Gasteiger partial charge in [-0.05, 0) is 36.3 Å². The fourth-order valence-electron chi connectivity index (χ4n) is 2.29. The van der Waals surface area contributed by atoms with E-state index >= 15 is 0 Å². The highest BCUT2D eigenvalue weighted by Crippen LogP contribution is 2.23. The molecule has 1 aromatic heterocycles. The van der Waals surface area contributed by atoms with Crippen LogP contribution in [0.15, 0.2) is 17.2 Å². The van der Waals surface area contributed by atoms with Gasteiger partial charge in [-0.25, -0.2) is 17.9 Å². The van der Waals surface area contributed by atoms with E-state index in [9.17, 15) is 13.2 Å². The minimum atomic E-state index is -3.64. The number of sulfonamides is 1. The molecule has 2 rings (SSSR count). The molecule has 1 saturated heterocycles. The van der Waals surface area contributed by atoms with E-state index in [0.717, 1.165) is 24.3 Å². The highest BCUT2D eigenvalue weighted by Gasteiger charge is 2.23. The number of carbonyl (C=O) groups is 1. The molecule has 118 valence electrons. The van der Waals surface area contributed by atoms with Gasteiger partial charge in [0.1, 0.15) is 10.6 Å². The van der Waals surface area contributed by atoms with Crippen molar-refractivity contribution in [3.05, 3.63) is 18.0 Å². The Balaban J connectivity index is 2.14. The van der Waals surface area contributed by atoms with Gasteiger partial charge in [-0.15, -0.1) is 0 Å². The summed E-state index contributed by atoms with van der Waals surface area (Å²) in [5.74, 6) is 1.29. The van der Waals surface area contributed by atoms with E-state index in [-0.39, 0.29) is 10.6 Å². The summed E-state index contributed by atoms with van der Waals surface area (Å²) in [7, 11) is -3.64. The number of hydrogen-bond acceptors (Lipinski definition) is 4. The molecule has 1 aromatic rings. The average molecular weight is 332 g/mol. The van der Waals surface area contributed by atoms with Crippen LogP contribution >= 0.6 is 11.8 Å². The molecule has 8 heteroatoms. The lowest BCUT2D eigenvalue weighted by molar-refractivity contribution is 0.0685. The summed E-state index contributed by atoms with van der Waals surface area (Å²) in [5, 5.41) is 9.14. The first kappa shape index (κ1) is 16.4. The first-order valence-corrected chi connectivity index (χ1v) is 9.58. The van der Waals surface area contributed by atoms with Crippen molar-refractivity contribution in [1.29, 1.82) is 0 Å². The van der Waals surface area contributed by atoms with E-state index < -0.39 is 16.0 Å². The van der Waals surface area contributed by atoms with Crippen LogP contribution in [-0.2, 0) is 16.6 Å². The van der Waals surface area contributed by atoms with E-state index in [1.165, 1.54) is 16.8 Å². The third-order valence-electron chi connectivity index (χ3n) is 3.45. The third kappa shape index (κ3) is 4.02. The highest BCUT2D eigenvalue weighted by molar-refractivity contribution is 7.99. The van der Waals surface area contributed by atoms with Crippen molar-refractivity contribution >= 4 is 27.8 Å². The second-order valence-electron chi connectivity index (χ2n) is 5.14. The van der Waals surface area contributed by atoms with Crippen LogP contribution in [0, 0.1) is 5.92 Å². The van der Waals surface area contributed by atoms with Crippen molar-refractivity contribution < 1.29 is 18.3 Å². The molecule has 2 heterocycles. The van der Waals surface area contributed by atoms with Crippen molar-refractivity contribution in [1.82, 2.24) is 9.29 Å². The molecule has 0 saturated carbocycles. The molecule has 0 aromatic carbocycles. The lowest BCUT2D eigenvalue weighted by atomic mass is 10.1. The van der Waals surface area contributed by atoms with Gasteiger partial charge in [0.25, 0.3) is 0 Å². The molecule has 1 unspecified atom stereocenters. The number of aryl methyl sites for hydroxylation is 1. The van der Waals surface area contributed by atoms with E-state index in [2.05, 4.69) is 4.72 Å². The van der Waals surface area contributed by atoms with Crippen LogP contribution in [0.5, 0.6) is 0 Å². The quantitative estimate of drug-likeness (QED) is 0.792. The van der Waals surface area contributed by atoms with Gasteiger partial charge in [0, 0.05) is 19.3 Å². The molecule has 1 aliphatic heterocycles. The topological polar surface area (TPSA) is 88.4 Å². The maximum atomic E-state index is 12.3. The van der Waals surface area contributed by atoms with Crippen molar-refractivity contribution in [2.75, 3.05) is 18.1 Å². The molecule has 2 N–H and O–H groups in total. The number of hydrogen-bond donors (Lipinski definition) is 2. The standard InChI is InChI=1S/C13H20N2O4S2/c1-2-4-15-8-11(6-12(15)13(16)17)21(18,19)14-7-10-3-5-20-9-10/h6,8,10,14H,2-5,7,9H2,1H3,(H,16,17). The first-order valence-electron chi connectivity index (χ1n) is 6.95. The van der Waals surface area contributed by atoms with Gasteiger partial charge in [0.05, 0.1) is 0 Å². The zero-order valence-corrected chi connectivity index (χ0v) is 13.5. The summed E-state index contributed by atoms with van der Waals surface area (Å²) >= 11 is 1.83. The molecular formula is C13H20N2O4S2. The molecule has 21 heavy (non-hydrogen) atoms. The normalized spacial score (nSPS) is 19.0. The zero-order chi connectivity index (χ0) is 15.5. The van der Waals surface area contributed by atoms with Crippen LogP contribution in [0.1, 0.15) is 30.3 Å². The Bertz CT molecular complexity index is 604. The summed E-state index contributed by atoms with van der Waals surface area (Å²) in [6.45, 7) is 2.81. The van der Waals surface area contributed by atoms with E-state index in [1.54, 1.807) is 0 Å². The molecule has 6 nitrogen and oxygen atoms in total. The van der Waals surface area contributed by atoms with E-state index in [1.807, 2.05) is 18.7 Å². The maximum Gasteiger partial charge on any atom is 0.352 e. The van der Waals surface area contributed by atoms with Crippen molar-refractivity contribution in [2.24, 2.45) is 5.92 Å². The van der Waals surface area contributed by atoms with Gasteiger partial charge < -0.3 is 9.67 Å². The van der Waals surface area contributed by atoms with Gasteiger partial charge in [-0.1, -0.05) is 6.92 Å². The number of thioether (sulfide) groups is 1. The Morgan fingerprint density at radius 3 is 2.90 bits per heavy atom. The fraction of sp³-hybridized carbons (Fsp3) is 0.615. The third-order valence-corrected chi connectivity index (χ3v) is 6.07. The summed E-state index contributed by atoms with van der Waals surface area (Å²) in [6.07, 6.45) is 3.16. The van der Waals surface area contributed by atoms with Crippen molar-refractivity contribution in [3.63, 3.8) is 0 Å². The van der Waals surface area contributed by atoms with Crippen molar-refractivity contribution in [3.8, 4) is 0 Å². The maximum absolute atomic E-state index is 12.3. The summed E-state index contributed by atoms with van der Waals surface area (Å²) in [4.78, 5) is 11.2. The van der Waals surface area contributed by atoms with Crippen LogP contribution in [0.4, 0.5) is 0 Å². The minimum absolute atomic E-state index is 0.00801. The zero-order valence-electron chi connectivity index (χ0n) is 11.9. The van der Waals surface area contributed by atoms with Crippen LogP contribution in [0.25, 0.3) is 0 Å². The Kier molecular flexibility index (Phi) is 5.34. The number of nitrogens with zero attached hydrogens (tertiary/aromatic N) is 1. The number of carboxylic acids is 1. The van der Waals surface area contributed by atoms with Crippen LogP contribution in [0.2, 0.25) is 0 Å². The van der Waals surface area contributed by atoms with Gasteiger partial charge in [0.15, 0.2) is 0 Å². The van der Waals surface area contributed by atoms with Gasteiger partial charge in [-0.3, -0.25) is 0 Å². The molecule has 0 spiro atoms. The number of aromatic nitrogens is 1. The largest absolute Gasteiger partial charge is 0.477 e. The molecule has 1 atom stereocenters. The monoisotopic (exact) mass is 332 g/mol. The van der Waals surface area contributed by atoms with E-state index in [0.29, 0.717) is 19.0 Å². The lowest BCUT2D eigenvalue weighted by Gasteiger charge is -2.09. The molecule has 1 aliphatic rings. The number of nitrogens with one attached hydrogen (secondary N) is 1. The van der Waals surface area contributed by atoms with Gasteiger partial charge >= 0.3 is 5.97 Å². The first-order chi connectivity index (χ1) is 9.94. The van der Waals surface area contributed by atoms with Crippen LogP contribution in [0.3, 0.4) is 0 Å².